The van der Waals surface area contributed by atoms with Crippen molar-refractivity contribution in [2.24, 2.45) is 0 Å². The van der Waals surface area contributed by atoms with Crippen LogP contribution in [-0.4, -0.2) is 67.8 Å². The number of hydrogen-bond donors (Lipinski definition) is 0. The van der Waals surface area contributed by atoms with E-state index in [1.807, 2.05) is 0 Å². The minimum atomic E-state index is -4.84. The number of piperazine rings is 1. The Morgan fingerprint density at radius 3 is 2.61 bits per heavy atom. The lowest BCUT2D eigenvalue weighted by Crippen LogP contribution is -2.56. The molecule has 2 saturated heterocycles. The molecule has 1 aliphatic carbocycles. The van der Waals surface area contributed by atoms with Crippen molar-refractivity contribution < 1.29 is 31.9 Å². The lowest BCUT2D eigenvalue weighted by molar-refractivity contribution is -0.140. The fraction of sp³-hybridized carbons (Fsp3) is 0.333. The van der Waals surface area contributed by atoms with Crippen LogP contribution in [0.15, 0.2) is 48.8 Å². The first-order chi connectivity index (χ1) is 17.2. The number of benzene rings is 1. The van der Waals surface area contributed by atoms with E-state index in [2.05, 4.69) is 10.1 Å². The summed E-state index contributed by atoms with van der Waals surface area (Å²) < 4.78 is 60.3. The summed E-state index contributed by atoms with van der Waals surface area (Å²) in [5.74, 6) is -1.85. The number of amides is 2. The van der Waals surface area contributed by atoms with E-state index in [1.165, 1.54) is 16.9 Å². The van der Waals surface area contributed by atoms with Gasteiger partial charge in [-0.05, 0) is 43.2 Å². The molecule has 0 radical (unpaired) electrons. The van der Waals surface area contributed by atoms with Crippen LogP contribution in [-0.2, 0) is 10.9 Å². The van der Waals surface area contributed by atoms with Gasteiger partial charge >= 0.3 is 12.3 Å². The highest BCUT2D eigenvalue weighted by Gasteiger charge is 2.63. The highest BCUT2D eigenvalue weighted by molar-refractivity contribution is 5.94. The topological polar surface area (TPSA) is 80.6 Å². The Morgan fingerprint density at radius 1 is 1.14 bits per heavy atom. The SMILES string of the molecule is O=C(c1cc(-c2cccnc2)n(-c2ccc(C(F)(F)F)c(F)c2)n1)N1CCN2C(=O)OC3(CC3)[C@@H]2C1. The van der Waals surface area contributed by atoms with Crippen molar-refractivity contribution in [1.29, 1.82) is 0 Å². The maximum Gasteiger partial charge on any atom is 0.419 e. The number of ether oxygens (including phenoxy) is 1. The third-order valence-electron chi connectivity index (χ3n) is 6.93. The highest BCUT2D eigenvalue weighted by atomic mass is 19.4. The second-order valence-electron chi connectivity index (χ2n) is 9.12. The van der Waals surface area contributed by atoms with Gasteiger partial charge in [0.1, 0.15) is 11.4 Å². The quantitative estimate of drug-likeness (QED) is 0.509. The lowest BCUT2D eigenvalue weighted by atomic mass is 10.1. The molecule has 3 fully saturated rings. The van der Waals surface area contributed by atoms with Gasteiger partial charge in [-0.1, -0.05) is 0 Å². The molecule has 0 N–H and O–H groups in total. The second kappa shape index (κ2) is 7.77. The van der Waals surface area contributed by atoms with E-state index in [4.69, 9.17) is 4.74 Å². The second-order valence-corrected chi connectivity index (χ2v) is 9.12. The third-order valence-corrected chi connectivity index (χ3v) is 6.93. The summed E-state index contributed by atoms with van der Waals surface area (Å²) in [5.41, 5.74) is -0.956. The summed E-state index contributed by atoms with van der Waals surface area (Å²) in [6, 6.07) is 7.12. The third kappa shape index (κ3) is 3.59. The van der Waals surface area contributed by atoms with Crippen molar-refractivity contribution in [3.63, 3.8) is 0 Å². The van der Waals surface area contributed by atoms with Crippen LogP contribution in [0.25, 0.3) is 16.9 Å². The number of pyridine rings is 1. The number of rotatable bonds is 3. The number of carbonyl (C=O) groups is 2. The number of halogens is 4. The molecule has 2 aliphatic heterocycles. The molecule has 6 rings (SSSR count). The fourth-order valence-electron chi connectivity index (χ4n) is 4.93. The van der Waals surface area contributed by atoms with Crippen LogP contribution in [0.1, 0.15) is 28.9 Å². The molecule has 4 heterocycles. The molecule has 3 aromatic rings. The molecule has 3 aliphatic rings. The summed E-state index contributed by atoms with van der Waals surface area (Å²) in [4.78, 5) is 32.9. The van der Waals surface area contributed by atoms with Crippen LogP contribution in [0.4, 0.5) is 22.4 Å². The highest BCUT2D eigenvalue weighted by Crippen LogP contribution is 2.50. The van der Waals surface area contributed by atoms with Gasteiger partial charge in [0.25, 0.3) is 5.91 Å². The molecule has 0 unspecified atom stereocenters. The minimum Gasteiger partial charge on any atom is -0.441 e. The Balaban J connectivity index is 1.36. The number of alkyl halides is 3. The van der Waals surface area contributed by atoms with Crippen molar-refractivity contribution in [2.75, 3.05) is 19.6 Å². The number of fused-ring (bicyclic) bond motifs is 2. The predicted molar refractivity (Wildman–Crippen MR) is 117 cm³/mol. The predicted octanol–water partition coefficient (Wildman–Crippen LogP) is 3.90. The Morgan fingerprint density at radius 2 is 1.94 bits per heavy atom. The molecule has 0 bridgehead atoms. The summed E-state index contributed by atoms with van der Waals surface area (Å²) in [5, 5.41) is 4.36. The zero-order valence-electron chi connectivity index (χ0n) is 18.7. The number of hydrogen-bond acceptors (Lipinski definition) is 5. The number of aromatic nitrogens is 3. The Hall–Kier alpha value is -3.96. The van der Waals surface area contributed by atoms with Gasteiger partial charge < -0.3 is 9.64 Å². The van der Waals surface area contributed by atoms with Crippen molar-refractivity contribution in [3.8, 4) is 16.9 Å². The molecular weight excluding hydrogens is 482 g/mol. The average molecular weight is 501 g/mol. The van der Waals surface area contributed by atoms with Gasteiger partial charge in [0.2, 0.25) is 0 Å². The Labute approximate surface area is 202 Å². The molecule has 1 aromatic carbocycles. The van der Waals surface area contributed by atoms with Crippen LogP contribution in [0.3, 0.4) is 0 Å². The van der Waals surface area contributed by atoms with Gasteiger partial charge in [0.15, 0.2) is 5.69 Å². The van der Waals surface area contributed by atoms with Crippen molar-refractivity contribution in [3.05, 3.63) is 65.9 Å². The Bertz CT molecular complexity index is 1370. The van der Waals surface area contributed by atoms with Gasteiger partial charge in [-0.2, -0.15) is 18.3 Å². The molecule has 2 aromatic heterocycles. The minimum absolute atomic E-state index is 0.0231. The van der Waals surface area contributed by atoms with Gasteiger partial charge in [0.05, 0.1) is 23.0 Å². The normalized spacial score (nSPS) is 20.4. The van der Waals surface area contributed by atoms with Gasteiger partial charge in [-0.15, -0.1) is 0 Å². The first kappa shape index (κ1) is 22.5. The first-order valence-corrected chi connectivity index (χ1v) is 11.3. The fourth-order valence-corrected chi connectivity index (χ4v) is 4.93. The van der Waals surface area contributed by atoms with Crippen molar-refractivity contribution in [2.45, 2.75) is 30.7 Å². The summed E-state index contributed by atoms with van der Waals surface area (Å²) >= 11 is 0. The standard InChI is InChI=1S/C24H19F4N5O3/c25-17-10-15(3-4-16(17)24(26,27)28)33-19(14-2-1-7-29-12-14)11-18(30-33)21(34)31-8-9-32-20(13-31)23(5-6-23)36-22(32)35/h1-4,7,10-12,20H,5-6,8-9,13H2/t20-/m0/s1. The van der Waals surface area contributed by atoms with E-state index in [1.54, 1.807) is 28.1 Å². The molecule has 1 spiro atoms. The van der Waals surface area contributed by atoms with E-state index in [0.29, 0.717) is 23.9 Å². The zero-order chi connectivity index (χ0) is 25.2. The van der Waals surface area contributed by atoms with Crippen LogP contribution >= 0.6 is 0 Å². The average Bonchev–Trinajstić information content (AvgIpc) is 3.40. The van der Waals surface area contributed by atoms with E-state index in [0.717, 1.165) is 25.0 Å². The van der Waals surface area contributed by atoms with Crippen LogP contribution < -0.4 is 0 Å². The summed E-state index contributed by atoms with van der Waals surface area (Å²) in [6.07, 6.45) is -0.641. The summed E-state index contributed by atoms with van der Waals surface area (Å²) in [7, 11) is 0. The first-order valence-electron chi connectivity index (χ1n) is 11.3. The van der Waals surface area contributed by atoms with E-state index in [9.17, 15) is 27.2 Å². The maximum atomic E-state index is 14.4. The molecule has 8 nitrogen and oxygen atoms in total. The zero-order valence-corrected chi connectivity index (χ0v) is 18.7. The van der Waals surface area contributed by atoms with E-state index < -0.39 is 29.1 Å². The van der Waals surface area contributed by atoms with Gasteiger partial charge in [-0.25, -0.2) is 13.9 Å². The Kier molecular flexibility index (Phi) is 4.86. The van der Waals surface area contributed by atoms with Gasteiger partial charge in [0, 0.05) is 43.7 Å². The molecule has 1 saturated carbocycles. The molecule has 186 valence electrons. The van der Waals surface area contributed by atoms with Crippen molar-refractivity contribution in [1.82, 2.24) is 24.6 Å². The number of carbonyl (C=O) groups excluding carboxylic acids is 2. The number of nitrogens with zero attached hydrogens (tertiary/aromatic N) is 5. The maximum absolute atomic E-state index is 14.4. The smallest absolute Gasteiger partial charge is 0.419 e. The van der Waals surface area contributed by atoms with Crippen molar-refractivity contribution >= 4 is 12.0 Å². The van der Waals surface area contributed by atoms with Crippen LogP contribution in [0.5, 0.6) is 0 Å². The largest absolute Gasteiger partial charge is 0.441 e. The van der Waals surface area contributed by atoms with Crippen LogP contribution in [0, 0.1) is 5.82 Å². The molecule has 2 amide bonds. The molecule has 36 heavy (non-hydrogen) atoms. The molecular formula is C24H19F4N5O3. The monoisotopic (exact) mass is 501 g/mol. The van der Waals surface area contributed by atoms with Gasteiger partial charge in [-0.3, -0.25) is 14.7 Å². The summed E-state index contributed by atoms with van der Waals surface area (Å²) in [6.45, 7) is 0.899. The van der Waals surface area contributed by atoms with E-state index in [-0.39, 0.29) is 36.6 Å². The van der Waals surface area contributed by atoms with Crippen LogP contribution in [0.2, 0.25) is 0 Å². The lowest BCUT2D eigenvalue weighted by Gasteiger charge is -2.36. The molecule has 1 atom stereocenters. The van der Waals surface area contributed by atoms with E-state index >= 15 is 0 Å². The molecule has 12 heteroatoms.